The minimum absolute atomic E-state index is 0.0188. The molecule has 0 spiro atoms. The number of nitrogens with two attached hydrogens (primary N) is 1. The van der Waals surface area contributed by atoms with Gasteiger partial charge in [-0.15, -0.1) is 0 Å². The fourth-order valence-corrected chi connectivity index (χ4v) is 4.31. The number of hydrogen-bond donors (Lipinski definition) is 2. The average molecular weight is 472 g/mol. The molecule has 1 aliphatic rings. The molecule has 166 valence electrons. The van der Waals surface area contributed by atoms with Crippen molar-refractivity contribution in [2.24, 2.45) is 5.73 Å². The number of pyridine rings is 1. The van der Waals surface area contributed by atoms with Crippen molar-refractivity contribution >= 4 is 29.1 Å². The maximum Gasteiger partial charge on any atom is 0.257 e. The van der Waals surface area contributed by atoms with Gasteiger partial charge < -0.3 is 15.6 Å². The van der Waals surface area contributed by atoms with Gasteiger partial charge in [0, 0.05) is 41.6 Å². The molecule has 0 saturated carbocycles. The fraction of sp³-hybridized carbons (Fsp3) is 0.250. The quantitative estimate of drug-likeness (QED) is 0.565. The molecule has 2 unspecified atom stereocenters. The number of methoxy groups -OCH3 is 1. The monoisotopic (exact) mass is 471 g/mol. The van der Waals surface area contributed by atoms with E-state index in [-0.39, 0.29) is 19.0 Å². The van der Waals surface area contributed by atoms with Gasteiger partial charge in [0.25, 0.3) is 5.91 Å². The van der Waals surface area contributed by atoms with Crippen molar-refractivity contribution in [1.82, 2.24) is 9.88 Å². The molecule has 0 radical (unpaired) electrons. The van der Waals surface area contributed by atoms with E-state index in [9.17, 15) is 9.90 Å². The number of rotatable bonds is 6. The van der Waals surface area contributed by atoms with Crippen LogP contribution >= 0.6 is 23.2 Å². The molecule has 2 atom stereocenters. The van der Waals surface area contributed by atoms with Gasteiger partial charge in [-0.05, 0) is 42.8 Å². The van der Waals surface area contributed by atoms with Crippen LogP contribution in [0.4, 0.5) is 0 Å². The van der Waals surface area contributed by atoms with Gasteiger partial charge >= 0.3 is 0 Å². The maximum absolute atomic E-state index is 13.7. The average Bonchev–Trinajstić information content (AvgIpc) is 3.03. The second kappa shape index (κ2) is 8.46. The standard InChI is InChI=1S/C24H23Cl2N3O3/c1-23(31,14-27)16-5-10-21-20(11-16)22(30)29(13-19-9-8-18(26)12-28-19)24(21,32-2)15-3-6-17(25)7-4-15/h3-12,31H,13-14,27H2,1-2H3. The first-order valence-corrected chi connectivity index (χ1v) is 10.8. The highest BCUT2D eigenvalue weighted by atomic mass is 35.5. The highest BCUT2D eigenvalue weighted by Crippen LogP contribution is 2.46. The lowest BCUT2D eigenvalue weighted by atomic mass is 9.88. The summed E-state index contributed by atoms with van der Waals surface area (Å²) in [6.07, 6.45) is 1.54. The Kier molecular flexibility index (Phi) is 6.00. The summed E-state index contributed by atoms with van der Waals surface area (Å²) in [6.45, 7) is 1.82. The number of amides is 1. The summed E-state index contributed by atoms with van der Waals surface area (Å²) < 4.78 is 6.10. The number of aliphatic hydroxyl groups is 1. The first-order chi connectivity index (χ1) is 15.2. The Morgan fingerprint density at radius 1 is 1.12 bits per heavy atom. The molecule has 2 aromatic carbocycles. The largest absolute Gasteiger partial charge is 0.384 e. The molecule has 1 amide bonds. The molecule has 3 N–H and O–H groups in total. The number of hydrogen-bond acceptors (Lipinski definition) is 5. The van der Waals surface area contributed by atoms with Crippen molar-refractivity contribution in [3.05, 3.63) is 98.8 Å². The van der Waals surface area contributed by atoms with Gasteiger partial charge in [0.05, 0.1) is 22.9 Å². The molecule has 1 aliphatic heterocycles. The molecular formula is C24H23Cl2N3O3. The number of carbonyl (C=O) groups excluding carboxylic acids is 1. The molecule has 0 bridgehead atoms. The number of halogens is 2. The zero-order valence-corrected chi connectivity index (χ0v) is 19.2. The number of carbonyl (C=O) groups is 1. The molecule has 4 rings (SSSR count). The summed E-state index contributed by atoms with van der Waals surface area (Å²) in [4.78, 5) is 19.7. The number of ether oxygens (including phenoxy) is 1. The highest BCUT2D eigenvalue weighted by molar-refractivity contribution is 6.30. The topological polar surface area (TPSA) is 88.7 Å². The molecule has 0 aliphatic carbocycles. The molecule has 6 nitrogen and oxygen atoms in total. The smallest absolute Gasteiger partial charge is 0.257 e. The van der Waals surface area contributed by atoms with Crippen LogP contribution in [-0.2, 0) is 22.6 Å². The van der Waals surface area contributed by atoms with E-state index in [1.165, 1.54) is 6.20 Å². The predicted octanol–water partition coefficient (Wildman–Crippen LogP) is 4.06. The van der Waals surface area contributed by atoms with Gasteiger partial charge in [0.15, 0.2) is 5.72 Å². The van der Waals surface area contributed by atoms with Crippen LogP contribution in [0.2, 0.25) is 10.0 Å². The van der Waals surface area contributed by atoms with Gasteiger partial charge in [-0.25, -0.2) is 0 Å². The van der Waals surface area contributed by atoms with Crippen LogP contribution in [0, 0.1) is 0 Å². The van der Waals surface area contributed by atoms with Crippen molar-refractivity contribution in [2.45, 2.75) is 24.8 Å². The maximum atomic E-state index is 13.7. The second-order valence-corrected chi connectivity index (χ2v) is 8.83. The van der Waals surface area contributed by atoms with Gasteiger partial charge in [-0.3, -0.25) is 14.7 Å². The molecule has 1 aromatic heterocycles. The Hall–Kier alpha value is -2.48. The summed E-state index contributed by atoms with van der Waals surface area (Å²) in [6, 6.07) is 15.9. The first-order valence-electron chi connectivity index (χ1n) is 10.0. The lowest BCUT2D eigenvalue weighted by molar-refractivity contribution is -0.0868. The van der Waals surface area contributed by atoms with Gasteiger partial charge in [-0.1, -0.05) is 47.5 Å². The van der Waals surface area contributed by atoms with Crippen LogP contribution < -0.4 is 5.73 Å². The number of nitrogens with zero attached hydrogens (tertiary/aromatic N) is 2. The van der Waals surface area contributed by atoms with Crippen LogP contribution in [0.3, 0.4) is 0 Å². The molecular weight excluding hydrogens is 449 g/mol. The number of benzene rings is 2. The van der Waals surface area contributed by atoms with Crippen molar-refractivity contribution in [3.63, 3.8) is 0 Å². The van der Waals surface area contributed by atoms with Gasteiger partial charge in [0.2, 0.25) is 0 Å². The SMILES string of the molecule is COC1(c2ccc(Cl)cc2)c2ccc(C(C)(O)CN)cc2C(=O)N1Cc1ccc(Cl)cn1. The third-order valence-electron chi connectivity index (χ3n) is 5.90. The van der Waals surface area contributed by atoms with Crippen molar-refractivity contribution in [1.29, 1.82) is 0 Å². The minimum Gasteiger partial charge on any atom is -0.384 e. The van der Waals surface area contributed by atoms with E-state index in [1.54, 1.807) is 61.4 Å². The third-order valence-corrected chi connectivity index (χ3v) is 6.37. The summed E-state index contributed by atoms with van der Waals surface area (Å²) >= 11 is 12.1. The van der Waals surface area contributed by atoms with E-state index in [2.05, 4.69) is 4.98 Å². The normalized spacial score (nSPS) is 19.7. The zero-order valence-electron chi connectivity index (χ0n) is 17.7. The lowest BCUT2D eigenvalue weighted by Gasteiger charge is -2.38. The molecule has 8 heteroatoms. The first kappa shape index (κ1) is 22.7. The Bertz CT molecular complexity index is 1150. The van der Waals surface area contributed by atoms with Crippen molar-refractivity contribution in [2.75, 3.05) is 13.7 Å². The number of fused-ring (bicyclic) bond motifs is 1. The van der Waals surface area contributed by atoms with E-state index in [1.807, 2.05) is 12.1 Å². The Labute approximate surface area is 196 Å². The second-order valence-electron chi connectivity index (χ2n) is 7.95. The van der Waals surface area contributed by atoms with E-state index in [4.69, 9.17) is 33.7 Å². The summed E-state index contributed by atoms with van der Waals surface area (Å²) in [5.41, 5.74) is 6.32. The Morgan fingerprint density at radius 2 is 1.81 bits per heavy atom. The van der Waals surface area contributed by atoms with Crippen LogP contribution in [-0.4, -0.2) is 34.6 Å². The van der Waals surface area contributed by atoms with Gasteiger partial charge in [0.1, 0.15) is 0 Å². The van der Waals surface area contributed by atoms with E-state index in [0.717, 1.165) is 5.56 Å². The van der Waals surface area contributed by atoms with Crippen molar-refractivity contribution < 1.29 is 14.6 Å². The fourth-order valence-electron chi connectivity index (χ4n) is 4.07. The third kappa shape index (κ3) is 3.68. The summed E-state index contributed by atoms with van der Waals surface area (Å²) in [5.74, 6) is -0.247. The summed E-state index contributed by atoms with van der Waals surface area (Å²) in [5, 5.41) is 11.7. The number of aromatic nitrogens is 1. The van der Waals surface area contributed by atoms with E-state index in [0.29, 0.717) is 32.4 Å². The lowest BCUT2D eigenvalue weighted by Crippen LogP contribution is -2.45. The molecule has 2 heterocycles. The minimum atomic E-state index is -1.27. The molecule has 0 fully saturated rings. The zero-order chi connectivity index (χ0) is 23.1. The van der Waals surface area contributed by atoms with Crippen LogP contribution in [0.5, 0.6) is 0 Å². The Balaban J connectivity index is 1.91. The molecule has 3 aromatic rings. The molecule has 32 heavy (non-hydrogen) atoms. The van der Waals surface area contributed by atoms with Crippen LogP contribution in [0.15, 0.2) is 60.8 Å². The molecule has 0 saturated heterocycles. The van der Waals surface area contributed by atoms with Crippen LogP contribution in [0.1, 0.15) is 39.7 Å². The van der Waals surface area contributed by atoms with Crippen LogP contribution in [0.25, 0.3) is 0 Å². The highest BCUT2D eigenvalue weighted by Gasteiger charge is 2.52. The van der Waals surface area contributed by atoms with E-state index < -0.39 is 11.3 Å². The Morgan fingerprint density at radius 3 is 2.41 bits per heavy atom. The summed E-state index contributed by atoms with van der Waals surface area (Å²) in [7, 11) is 1.56. The van der Waals surface area contributed by atoms with Crippen molar-refractivity contribution in [3.8, 4) is 0 Å². The van der Waals surface area contributed by atoms with E-state index >= 15 is 0 Å². The van der Waals surface area contributed by atoms with Gasteiger partial charge in [-0.2, -0.15) is 0 Å². The predicted molar refractivity (Wildman–Crippen MR) is 123 cm³/mol.